The van der Waals surface area contributed by atoms with Crippen LogP contribution in [0.3, 0.4) is 0 Å². The van der Waals surface area contributed by atoms with Gasteiger partial charge in [-0.1, -0.05) is 19.1 Å². The van der Waals surface area contributed by atoms with E-state index in [1.54, 1.807) is 0 Å². The molecule has 0 atom stereocenters. The second-order valence-electron chi connectivity index (χ2n) is 3.69. The first-order chi connectivity index (χ1) is 6.29. The Bertz CT molecular complexity index is 273. The number of rotatable bonds is 2. The molecule has 0 radical (unpaired) electrons. The lowest BCUT2D eigenvalue weighted by atomic mass is 10.1. The fourth-order valence-corrected chi connectivity index (χ4v) is 1.67. The first-order valence-electron chi connectivity index (χ1n) is 4.89. The van der Waals surface area contributed by atoms with Crippen LogP contribution in [0, 0.1) is 0 Å². The van der Waals surface area contributed by atoms with E-state index < -0.39 is 0 Å². The van der Waals surface area contributed by atoms with Crippen LogP contribution < -0.4 is 10.6 Å². The molecule has 1 aliphatic heterocycles. The third-order valence-corrected chi connectivity index (χ3v) is 2.62. The van der Waals surface area contributed by atoms with E-state index in [4.69, 9.17) is 5.73 Å². The number of nitrogens with zero attached hydrogens (tertiary/aromatic N) is 1. The van der Waals surface area contributed by atoms with Gasteiger partial charge in [-0.25, -0.2) is 0 Å². The fourth-order valence-electron chi connectivity index (χ4n) is 1.67. The molecule has 0 spiro atoms. The van der Waals surface area contributed by atoms with Gasteiger partial charge in [0.2, 0.25) is 0 Å². The van der Waals surface area contributed by atoms with E-state index in [0.29, 0.717) is 6.04 Å². The summed E-state index contributed by atoms with van der Waals surface area (Å²) in [7, 11) is 0. The highest BCUT2D eigenvalue weighted by Crippen LogP contribution is 2.20. The number of hydrogen-bond acceptors (Lipinski definition) is 2. The monoisotopic (exact) mass is 176 g/mol. The molecular weight excluding hydrogens is 160 g/mol. The summed E-state index contributed by atoms with van der Waals surface area (Å²) in [6, 6.07) is 9.14. The normalized spacial score (nSPS) is 17.2. The Labute approximate surface area is 79.4 Å². The molecular formula is C11H16N2. The van der Waals surface area contributed by atoms with E-state index in [-0.39, 0.29) is 0 Å². The molecule has 13 heavy (non-hydrogen) atoms. The lowest BCUT2D eigenvalue weighted by Crippen LogP contribution is -2.55. The number of benzene rings is 1. The molecule has 0 saturated carbocycles. The van der Waals surface area contributed by atoms with Crippen molar-refractivity contribution in [3.8, 4) is 0 Å². The van der Waals surface area contributed by atoms with Crippen LogP contribution in [0.1, 0.15) is 12.5 Å². The highest BCUT2D eigenvalue weighted by Gasteiger charge is 2.22. The van der Waals surface area contributed by atoms with Crippen molar-refractivity contribution in [1.29, 1.82) is 0 Å². The summed E-state index contributed by atoms with van der Waals surface area (Å²) >= 11 is 0. The second kappa shape index (κ2) is 3.38. The molecule has 1 saturated heterocycles. The summed E-state index contributed by atoms with van der Waals surface area (Å²) in [6.45, 7) is 4.19. The average molecular weight is 176 g/mol. The molecule has 2 nitrogen and oxygen atoms in total. The van der Waals surface area contributed by atoms with Crippen molar-refractivity contribution in [1.82, 2.24) is 0 Å². The summed E-state index contributed by atoms with van der Waals surface area (Å²) in [6.07, 6.45) is 1.11. The maximum absolute atomic E-state index is 5.72. The minimum Gasteiger partial charge on any atom is -0.368 e. The van der Waals surface area contributed by atoms with Crippen molar-refractivity contribution in [3.63, 3.8) is 0 Å². The second-order valence-corrected chi connectivity index (χ2v) is 3.69. The summed E-state index contributed by atoms with van der Waals surface area (Å²) < 4.78 is 0. The molecule has 0 aromatic heterocycles. The van der Waals surface area contributed by atoms with Gasteiger partial charge in [-0.3, -0.25) is 0 Å². The first kappa shape index (κ1) is 8.57. The molecule has 2 rings (SSSR count). The van der Waals surface area contributed by atoms with Crippen LogP contribution >= 0.6 is 0 Å². The van der Waals surface area contributed by atoms with Gasteiger partial charge >= 0.3 is 0 Å². The van der Waals surface area contributed by atoms with Gasteiger partial charge in [0.1, 0.15) is 0 Å². The van der Waals surface area contributed by atoms with Crippen molar-refractivity contribution in [2.24, 2.45) is 5.73 Å². The molecule has 2 N–H and O–H groups in total. The third kappa shape index (κ3) is 1.68. The van der Waals surface area contributed by atoms with Crippen molar-refractivity contribution in [3.05, 3.63) is 29.8 Å². The van der Waals surface area contributed by atoms with E-state index in [1.807, 2.05) is 0 Å². The predicted octanol–water partition coefficient (Wildman–Crippen LogP) is 1.40. The molecule has 0 bridgehead atoms. The SMILES string of the molecule is CCc1ccc(N2CC(N)C2)cc1. The zero-order valence-corrected chi connectivity index (χ0v) is 8.03. The van der Waals surface area contributed by atoms with Crippen LogP contribution in [0.4, 0.5) is 5.69 Å². The Morgan fingerprint density at radius 1 is 1.31 bits per heavy atom. The first-order valence-corrected chi connectivity index (χ1v) is 4.89. The van der Waals surface area contributed by atoms with E-state index in [9.17, 15) is 0 Å². The zero-order chi connectivity index (χ0) is 9.26. The molecule has 70 valence electrons. The summed E-state index contributed by atoms with van der Waals surface area (Å²) in [5, 5.41) is 0. The molecule has 1 aromatic carbocycles. The van der Waals surface area contributed by atoms with Gasteiger partial charge in [-0.15, -0.1) is 0 Å². The Morgan fingerprint density at radius 2 is 1.92 bits per heavy atom. The van der Waals surface area contributed by atoms with Gasteiger partial charge < -0.3 is 10.6 Å². The van der Waals surface area contributed by atoms with Crippen LogP contribution in [-0.2, 0) is 6.42 Å². The Kier molecular flexibility index (Phi) is 2.23. The summed E-state index contributed by atoms with van der Waals surface area (Å²) in [5.74, 6) is 0. The molecule has 0 amide bonds. The van der Waals surface area contributed by atoms with E-state index in [1.165, 1.54) is 11.3 Å². The van der Waals surface area contributed by atoms with Gasteiger partial charge in [0.05, 0.1) is 0 Å². The average Bonchev–Trinajstić information content (AvgIpc) is 2.13. The van der Waals surface area contributed by atoms with Crippen molar-refractivity contribution in [2.45, 2.75) is 19.4 Å². The van der Waals surface area contributed by atoms with E-state index >= 15 is 0 Å². The fraction of sp³-hybridized carbons (Fsp3) is 0.455. The van der Waals surface area contributed by atoms with Crippen LogP contribution in [0.25, 0.3) is 0 Å². The number of hydrogen-bond donors (Lipinski definition) is 1. The number of nitrogens with two attached hydrogens (primary N) is 1. The van der Waals surface area contributed by atoms with Gasteiger partial charge in [-0.05, 0) is 24.1 Å². The third-order valence-electron chi connectivity index (χ3n) is 2.62. The quantitative estimate of drug-likeness (QED) is 0.738. The Balaban J connectivity index is 2.06. The minimum absolute atomic E-state index is 0.380. The van der Waals surface area contributed by atoms with E-state index in [2.05, 4.69) is 36.1 Å². The topological polar surface area (TPSA) is 29.3 Å². The van der Waals surface area contributed by atoms with Gasteiger partial charge in [0, 0.05) is 24.8 Å². The lowest BCUT2D eigenvalue weighted by molar-refractivity contribution is 0.519. The molecule has 1 aliphatic rings. The Hall–Kier alpha value is -1.02. The van der Waals surface area contributed by atoms with Gasteiger partial charge in [0.25, 0.3) is 0 Å². The zero-order valence-electron chi connectivity index (χ0n) is 8.03. The molecule has 0 unspecified atom stereocenters. The summed E-state index contributed by atoms with van der Waals surface area (Å²) in [5.41, 5.74) is 8.42. The Morgan fingerprint density at radius 3 is 2.38 bits per heavy atom. The number of aryl methyl sites for hydroxylation is 1. The van der Waals surface area contributed by atoms with Crippen LogP contribution in [0.15, 0.2) is 24.3 Å². The van der Waals surface area contributed by atoms with Crippen LogP contribution in [-0.4, -0.2) is 19.1 Å². The smallest absolute Gasteiger partial charge is 0.0395 e. The standard InChI is InChI=1S/C11H16N2/c1-2-9-3-5-11(6-4-9)13-7-10(12)8-13/h3-6,10H,2,7-8,12H2,1H3. The molecule has 1 aromatic rings. The predicted molar refractivity (Wildman–Crippen MR) is 56.0 cm³/mol. The lowest BCUT2D eigenvalue weighted by Gasteiger charge is -2.38. The van der Waals surface area contributed by atoms with Crippen molar-refractivity contribution < 1.29 is 0 Å². The molecule has 2 heteroatoms. The van der Waals surface area contributed by atoms with Crippen LogP contribution in [0.5, 0.6) is 0 Å². The molecule has 1 fully saturated rings. The molecule has 1 heterocycles. The molecule has 0 aliphatic carbocycles. The highest BCUT2D eigenvalue weighted by molar-refractivity contribution is 5.50. The highest BCUT2D eigenvalue weighted by atomic mass is 15.2. The largest absolute Gasteiger partial charge is 0.368 e. The number of anilines is 1. The van der Waals surface area contributed by atoms with Gasteiger partial charge in [-0.2, -0.15) is 0 Å². The maximum Gasteiger partial charge on any atom is 0.0395 e. The summed E-state index contributed by atoms with van der Waals surface area (Å²) in [4.78, 5) is 2.31. The minimum atomic E-state index is 0.380. The van der Waals surface area contributed by atoms with Crippen molar-refractivity contribution >= 4 is 5.69 Å². The van der Waals surface area contributed by atoms with Gasteiger partial charge in [0.15, 0.2) is 0 Å². The van der Waals surface area contributed by atoms with Crippen LogP contribution in [0.2, 0.25) is 0 Å². The maximum atomic E-state index is 5.72. The van der Waals surface area contributed by atoms with Crippen molar-refractivity contribution in [2.75, 3.05) is 18.0 Å². The van der Waals surface area contributed by atoms with E-state index in [0.717, 1.165) is 19.5 Å².